The third-order valence-corrected chi connectivity index (χ3v) is 5.57. The third kappa shape index (κ3) is 5.34. The van der Waals surface area contributed by atoms with Crippen LogP contribution in [0, 0.1) is 0 Å². The summed E-state index contributed by atoms with van der Waals surface area (Å²) in [7, 11) is 0. The van der Waals surface area contributed by atoms with Gasteiger partial charge in [0.2, 0.25) is 17.8 Å². The highest BCUT2D eigenvalue weighted by Crippen LogP contribution is 2.32. The van der Waals surface area contributed by atoms with Crippen LogP contribution in [-0.2, 0) is 15.8 Å². The lowest BCUT2D eigenvalue weighted by Crippen LogP contribution is -2.36. The molecule has 1 aliphatic heterocycles. The minimum Gasteiger partial charge on any atom is -0.326 e. The number of nitrogens with zero attached hydrogens (tertiary/aromatic N) is 1. The Hall–Kier alpha value is -4.15. The quantitative estimate of drug-likeness (QED) is 0.417. The van der Waals surface area contributed by atoms with Crippen LogP contribution in [0.15, 0.2) is 53.3 Å². The van der Waals surface area contributed by atoms with Crippen molar-refractivity contribution in [1.82, 2.24) is 9.97 Å². The first kappa shape index (κ1) is 24.0. The normalized spacial score (nSPS) is 15.4. The van der Waals surface area contributed by atoms with E-state index in [4.69, 9.17) is 0 Å². The summed E-state index contributed by atoms with van der Waals surface area (Å²) >= 11 is 0. The SMILES string of the molecule is CC(C)c1ccc(NC(=O)[C@H]2CC(=O)Nc3nc(Nc4cccc(C(F)(F)F)c4)[nH]c(=O)c32)cc1. The second kappa shape index (κ2) is 9.24. The monoisotopic (exact) mass is 485 g/mol. The molecule has 35 heavy (non-hydrogen) atoms. The molecule has 0 fully saturated rings. The van der Waals surface area contributed by atoms with Crippen molar-refractivity contribution in [1.29, 1.82) is 0 Å². The summed E-state index contributed by atoms with van der Waals surface area (Å²) in [5.41, 5.74) is 0.0275. The first-order chi connectivity index (χ1) is 16.5. The summed E-state index contributed by atoms with van der Waals surface area (Å²) < 4.78 is 38.9. The molecule has 0 bridgehead atoms. The van der Waals surface area contributed by atoms with Gasteiger partial charge in [-0.15, -0.1) is 0 Å². The molecule has 1 atom stereocenters. The Morgan fingerprint density at radius 1 is 1.09 bits per heavy atom. The number of alkyl halides is 3. The number of anilines is 4. The number of amides is 2. The molecule has 0 saturated heterocycles. The van der Waals surface area contributed by atoms with Crippen LogP contribution in [0.5, 0.6) is 0 Å². The molecule has 182 valence electrons. The van der Waals surface area contributed by atoms with Gasteiger partial charge in [-0.25, -0.2) is 0 Å². The Morgan fingerprint density at radius 2 is 1.80 bits per heavy atom. The first-order valence-corrected chi connectivity index (χ1v) is 10.8. The van der Waals surface area contributed by atoms with Gasteiger partial charge in [0.25, 0.3) is 5.56 Å². The van der Waals surface area contributed by atoms with Crippen LogP contribution in [0.25, 0.3) is 0 Å². The van der Waals surface area contributed by atoms with E-state index in [9.17, 15) is 27.6 Å². The van der Waals surface area contributed by atoms with Crippen LogP contribution >= 0.6 is 0 Å². The van der Waals surface area contributed by atoms with Crippen molar-refractivity contribution >= 4 is 35.0 Å². The van der Waals surface area contributed by atoms with Gasteiger partial charge in [-0.3, -0.25) is 19.4 Å². The number of rotatable bonds is 5. The average Bonchev–Trinajstić information content (AvgIpc) is 2.78. The van der Waals surface area contributed by atoms with Gasteiger partial charge in [-0.1, -0.05) is 32.0 Å². The maximum atomic E-state index is 13.0. The van der Waals surface area contributed by atoms with E-state index in [2.05, 4.69) is 25.9 Å². The van der Waals surface area contributed by atoms with E-state index in [1.807, 2.05) is 26.0 Å². The van der Waals surface area contributed by atoms with Gasteiger partial charge in [0, 0.05) is 17.8 Å². The molecule has 4 N–H and O–H groups in total. The van der Waals surface area contributed by atoms with Crippen molar-refractivity contribution in [3.63, 3.8) is 0 Å². The molecule has 2 amide bonds. The van der Waals surface area contributed by atoms with Gasteiger partial charge in [0.05, 0.1) is 17.0 Å². The van der Waals surface area contributed by atoms with E-state index in [0.29, 0.717) is 11.6 Å². The molecule has 0 unspecified atom stereocenters. The van der Waals surface area contributed by atoms with Crippen LogP contribution in [0.1, 0.15) is 48.8 Å². The third-order valence-electron chi connectivity index (χ3n) is 5.57. The second-order valence-electron chi connectivity index (χ2n) is 8.45. The topological polar surface area (TPSA) is 116 Å². The lowest BCUT2D eigenvalue weighted by molar-refractivity contribution is -0.137. The Kier molecular flexibility index (Phi) is 6.33. The number of H-pyrrole nitrogens is 1. The maximum absolute atomic E-state index is 13.0. The van der Waals surface area contributed by atoms with Crippen LogP contribution in [-0.4, -0.2) is 21.8 Å². The number of carbonyl (C=O) groups excluding carboxylic acids is 2. The van der Waals surface area contributed by atoms with Crippen molar-refractivity contribution in [2.24, 2.45) is 0 Å². The zero-order valence-electron chi connectivity index (χ0n) is 18.8. The highest BCUT2D eigenvalue weighted by molar-refractivity contribution is 6.04. The summed E-state index contributed by atoms with van der Waals surface area (Å²) in [5, 5.41) is 7.78. The molecule has 1 aromatic heterocycles. The van der Waals surface area contributed by atoms with Crippen LogP contribution in [0.4, 0.5) is 36.3 Å². The molecule has 1 aliphatic rings. The smallest absolute Gasteiger partial charge is 0.326 e. The molecule has 0 spiro atoms. The minimum absolute atomic E-state index is 0.0317. The Morgan fingerprint density at radius 3 is 2.46 bits per heavy atom. The second-order valence-corrected chi connectivity index (χ2v) is 8.45. The number of aromatic amines is 1. The lowest BCUT2D eigenvalue weighted by Gasteiger charge is -2.23. The molecular weight excluding hydrogens is 463 g/mol. The summed E-state index contributed by atoms with van der Waals surface area (Å²) in [5.74, 6) is -2.16. The highest BCUT2D eigenvalue weighted by Gasteiger charge is 2.35. The molecule has 2 heterocycles. The van der Waals surface area contributed by atoms with Crippen molar-refractivity contribution in [2.45, 2.75) is 38.3 Å². The van der Waals surface area contributed by atoms with Gasteiger partial charge in [-0.2, -0.15) is 18.2 Å². The van der Waals surface area contributed by atoms with E-state index in [1.165, 1.54) is 12.1 Å². The molecular formula is C24H22F3N5O3. The predicted molar refractivity (Wildman–Crippen MR) is 125 cm³/mol. The van der Waals surface area contributed by atoms with Gasteiger partial charge < -0.3 is 16.0 Å². The molecule has 4 rings (SSSR count). The van der Waals surface area contributed by atoms with Gasteiger partial charge in [0.1, 0.15) is 5.82 Å². The number of carbonyl (C=O) groups is 2. The Labute approximate surface area is 198 Å². The fourth-order valence-electron chi connectivity index (χ4n) is 3.75. The van der Waals surface area contributed by atoms with Crippen molar-refractivity contribution in [3.8, 4) is 0 Å². The van der Waals surface area contributed by atoms with E-state index in [-0.39, 0.29) is 29.4 Å². The summed E-state index contributed by atoms with van der Waals surface area (Å²) in [6, 6.07) is 11.6. The molecule has 2 aromatic carbocycles. The van der Waals surface area contributed by atoms with Crippen molar-refractivity contribution in [2.75, 3.05) is 16.0 Å². The van der Waals surface area contributed by atoms with E-state index in [0.717, 1.165) is 17.7 Å². The molecule has 0 radical (unpaired) electrons. The number of hydrogen-bond acceptors (Lipinski definition) is 5. The largest absolute Gasteiger partial charge is 0.416 e. The molecule has 0 saturated carbocycles. The van der Waals surface area contributed by atoms with Crippen LogP contribution < -0.4 is 21.5 Å². The number of hydrogen-bond donors (Lipinski definition) is 4. The van der Waals surface area contributed by atoms with Gasteiger partial charge in [-0.05, 0) is 41.8 Å². The predicted octanol–water partition coefficient (Wildman–Crippen LogP) is 4.72. The fourth-order valence-corrected chi connectivity index (χ4v) is 3.75. The number of fused-ring (bicyclic) bond motifs is 1. The van der Waals surface area contributed by atoms with Crippen molar-refractivity contribution < 1.29 is 22.8 Å². The van der Waals surface area contributed by atoms with E-state index < -0.39 is 35.0 Å². The number of halogens is 3. The zero-order valence-corrected chi connectivity index (χ0v) is 18.8. The molecule has 0 aliphatic carbocycles. The standard InChI is InChI=1S/C24H22F3N5O3/c1-12(2)13-6-8-15(9-7-13)28-21(34)17-11-18(33)30-20-19(17)22(35)32-23(31-20)29-16-5-3-4-14(10-16)24(25,26)27/h3-10,12,17H,11H2,1-2H3,(H,28,34)(H3,29,30,31,32,33,35)/t17-/m0/s1. The van der Waals surface area contributed by atoms with Crippen molar-refractivity contribution in [3.05, 3.63) is 75.6 Å². The Bertz CT molecular complexity index is 1330. The number of aromatic nitrogens is 2. The summed E-state index contributed by atoms with van der Waals surface area (Å²) in [6.45, 7) is 4.08. The lowest BCUT2D eigenvalue weighted by atomic mass is 9.92. The summed E-state index contributed by atoms with van der Waals surface area (Å²) in [6.07, 6.45) is -4.80. The fraction of sp³-hybridized carbons (Fsp3) is 0.250. The molecule has 3 aromatic rings. The molecule has 8 nitrogen and oxygen atoms in total. The zero-order chi connectivity index (χ0) is 25.3. The van der Waals surface area contributed by atoms with E-state index in [1.54, 1.807) is 12.1 Å². The number of benzene rings is 2. The number of nitrogens with one attached hydrogen (secondary N) is 4. The van der Waals surface area contributed by atoms with E-state index >= 15 is 0 Å². The minimum atomic E-state index is -4.54. The van der Waals surface area contributed by atoms with Gasteiger partial charge >= 0.3 is 6.18 Å². The highest BCUT2D eigenvalue weighted by atomic mass is 19.4. The van der Waals surface area contributed by atoms with Crippen LogP contribution in [0.2, 0.25) is 0 Å². The first-order valence-electron chi connectivity index (χ1n) is 10.8. The van der Waals surface area contributed by atoms with Crippen LogP contribution in [0.3, 0.4) is 0 Å². The Balaban J connectivity index is 1.59. The summed E-state index contributed by atoms with van der Waals surface area (Å²) in [4.78, 5) is 44.6. The average molecular weight is 485 g/mol. The molecule has 11 heteroatoms. The maximum Gasteiger partial charge on any atom is 0.416 e. The van der Waals surface area contributed by atoms with Gasteiger partial charge in [0.15, 0.2) is 0 Å².